The van der Waals surface area contributed by atoms with Crippen molar-refractivity contribution in [2.24, 2.45) is 5.92 Å². The van der Waals surface area contributed by atoms with E-state index in [1.807, 2.05) is 6.92 Å². The van der Waals surface area contributed by atoms with Gasteiger partial charge in [-0.05, 0) is 43.9 Å². The summed E-state index contributed by atoms with van der Waals surface area (Å²) in [7, 11) is -3.77. The van der Waals surface area contributed by atoms with Crippen LogP contribution >= 0.6 is 15.9 Å². The van der Waals surface area contributed by atoms with Crippen LogP contribution in [-0.2, 0) is 14.8 Å². The van der Waals surface area contributed by atoms with Crippen LogP contribution in [0.4, 0.5) is 0 Å². The van der Waals surface area contributed by atoms with Crippen LogP contribution < -0.4 is 4.72 Å². The van der Waals surface area contributed by atoms with Crippen molar-refractivity contribution < 1.29 is 23.1 Å². The molecule has 0 spiro atoms. The lowest BCUT2D eigenvalue weighted by Crippen LogP contribution is -2.40. The Morgan fingerprint density at radius 3 is 2.59 bits per heavy atom. The lowest BCUT2D eigenvalue weighted by molar-refractivity contribution is 0.0585. The van der Waals surface area contributed by atoms with Crippen molar-refractivity contribution in [2.75, 3.05) is 13.2 Å². The van der Waals surface area contributed by atoms with Crippen LogP contribution in [0.25, 0.3) is 0 Å². The summed E-state index contributed by atoms with van der Waals surface area (Å²) >= 11 is 3.14. The van der Waals surface area contributed by atoms with Gasteiger partial charge >= 0.3 is 5.97 Å². The van der Waals surface area contributed by atoms with Gasteiger partial charge in [0.15, 0.2) is 0 Å². The van der Waals surface area contributed by atoms with Crippen molar-refractivity contribution in [2.45, 2.75) is 30.7 Å². The molecule has 1 aromatic carbocycles. The zero-order chi connectivity index (χ0) is 16.3. The maximum absolute atomic E-state index is 12.5. The highest BCUT2D eigenvalue weighted by Gasteiger charge is 2.26. The minimum atomic E-state index is -3.77. The molecule has 1 heterocycles. The van der Waals surface area contributed by atoms with Crippen molar-refractivity contribution in [1.82, 2.24) is 4.72 Å². The molecule has 1 fully saturated rings. The van der Waals surface area contributed by atoms with E-state index in [1.165, 1.54) is 12.1 Å². The van der Waals surface area contributed by atoms with Gasteiger partial charge in [-0.3, -0.25) is 0 Å². The fraction of sp³-hybridized carbons (Fsp3) is 0.500. The number of hydrogen-bond donors (Lipinski definition) is 2. The third-order valence-corrected chi connectivity index (χ3v) is 5.74. The number of benzene rings is 1. The summed E-state index contributed by atoms with van der Waals surface area (Å²) in [5.41, 5.74) is -0.0755. The molecule has 0 saturated carbocycles. The van der Waals surface area contributed by atoms with Gasteiger partial charge in [-0.25, -0.2) is 17.9 Å². The second kappa shape index (κ2) is 7.08. The van der Waals surface area contributed by atoms with E-state index < -0.39 is 16.0 Å². The van der Waals surface area contributed by atoms with E-state index in [9.17, 15) is 13.2 Å². The van der Waals surface area contributed by atoms with E-state index >= 15 is 0 Å². The number of hydrogen-bond acceptors (Lipinski definition) is 4. The molecular formula is C14H18BrNO5S. The highest BCUT2D eigenvalue weighted by molar-refractivity contribution is 9.10. The molecule has 0 radical (unpaired) electrons. The first kappa shape index (κ1) is 17.4. The average Bonchev–Trinajstić information content (AvgIpc) is 2.47. The number of carboxylic acid groups (broad SMARTS) is 1. The van der Waals surface area contributed by atoms with E-state index in [1.54, 1.807) is 0 Å². The summed E-state index contributed by atoms with van der Waals surface area (Å²) in [6, 6.07) is 3.68. The Labute approximate surface area is 138 Å². The first-order valence-corrected chi connectivity index (χ1v) is 9.21. The van der Waals surface area contributed by atoms with E-state index in [-0.39, 0.29) is 22.4 Å². The Morgan fingerprint density at radius 2 is 2.00 bits per heavy atom. The predicted molar refractivity (Wildman–Crippen MR) is 84.4 cm³/mol. The van der Waals surface area contributed by atoms with Gasteiger partial charge in [-0.15, -0.1) is 0 Å². The smallest absolute Gasteiger partial charge is 0.335 e. The first-order chi connectivity index (χ1) is 10.3. The number of sulfonamides is 1. The molecule has 2 rings (SSSR count). The van der Waals surface area contributed by atoms with Crippen LogP contribution in [0, 0.1) is 5.92 Å². The molecule has 22 heavy (non-hydrogen) atoms. The Bertz CT molecular complexity index is 655. The molecular weight excluding hydrogens is 374 g/mol. The second-order valence-electron chi connectivity index (χ2n) is 5.34. The molecule has 0 amide bonds. The van der Waals surface area contributed by atoms with Crippen LogP contribution in [0.15, 0.2) is 27.6 Å². The molecule has 1 aliphatic rings. The maximum atomic E-state index is 12.5. The number of aromatic carboxylic acids is 1. The van der Waals surface area contributed by atoms with E-state index in [0.717, 1.165) is 18.9 Å². The van der Waals surface area contributed by atoms with Gasteiger partial charge < -0.3 is 9.84 Å². The highest BCUT2D eigenvalue weighted by atomic mass is 79.9. The minimum absolute atomic E-state index is 0.0572. The lowest BCUT2D eigenvalue weighted by Gasteiger charge is -2.28. The Morgan fingerprint density at radius 1 is 1.36 bits per heavy atom. The quantitative estimate of drug-likeness (QED) is 0.802. The summed E-state index contributed by atoms with van der Waals surface area (Å²) < 4.78 is 33.2. The fourth-order valence-electron chi connectivity index (χ4n) is 2.47. The first-order valence-electron chi connectivity index (χ1n) is 6.93. The molecule has 1 aromatic rings. The van der Waals surface area contributed by atoms with E-state index in [0.29, 0.717) is 17.7 Å². The van der Waals surface area contributed by atoms with E-state index in [2.05, 4.69) is 20.7 Å². The van der Waals surface area contributed by atoms with Crippen molar-refractivity contribution in [3.8, 4) is 0 Å². The Hall–Kier alpha value is -0.960. The summed E-state index contributed by atoms with van der Waals surface area (Å²) in [5, 5.41) is 9.04. The minimum Gasteiger partial charge on any atom is -0.478 e. The van der Waals surface area contributed by atoms with Crippen molar-refractivity contribution >= 4 is 31.9 Å². The number of ether oxygens (including phenoxy) is 1. The van der Waals surface area contributed by atoms with Crippen LogP contribution in [0.1, 0.15) is 30.1 Å². The largest absolute Gasteiger partial charge is 0.478 e. The number of halogens is 1. The van der Waals surface area contributed by atoms with Crippen LogP contribution in [-0.4, -0.2) is 38.7 Å². The number of rotatable bonds is 5. The monoisotopic (exact) mass is 391 g/mol. The zero-order valence-corrected chi connectivity index (χ0v) is 14.5. The average molecular weight is 392 g/mol. The third-order valence-electron chi connectivity index (χ3n) is 3.74. The number of nitrogens with one attached hydrogen (secondary N) is 1. The van der Waals surface area contributed by atoms with Crippen LogP contribution in [0.5, 0.6) is 0 Å². The molecule has 0 bridgehead atoms. The third kappa shape index (κ3) is 4.28. The molecule has 1 unspecified atom stereocenters. The van der Waals surface area contributed by atoms with Gasteiger partial charge in [0.05, 0.1) is 10.5 Å². The maximum Gasteiger partial charge on any atom is 0.335 e. The molecule has 6 nitrogen and oxygen atoms in total. The van der Waals surface area contributed by atoms with Gasteiger partial charge in [0.1, 0.15) is 0 Å². The summed E-state index contributed by atoms with van der Waals surface area (Å²) in [5.74, 6) is -0.954. The van der Waals surface area contributed by atoms with Gasteiger partial charge in [0.2, 0.25) is 10.0 Å². The van der Waals surface area contributed by atoms with Crippen molar-refractivity contribution in [3.63, 3.8) is 0 Å². The second-order valence-corrected chi connectivity index (χ2v) is 7.97. The number of carbonyl (C=O) groups is 1. The standard InChI is InChI=1S/C14H18BrNO5S/c1-9(10-2-4-21-5-3-10)16-22(19,20)13-7-11(14(17)18)6-12(15)8-13/h6-10,16H,2-5H2,1H3,(H,17,18). The zero-order valence-electron chi connectivity index (χ0n) is 12.1. The topological polar surface area (TPSA) is 92.7 Å². The molecule has 1 saturated heterocycles. The Balaban J connectivity index is 2.20. The summed E-state index contributed by atoms with van der Waals surface area (Å²) in [6.45, 7) is 3.09. The Kier molecular flexibility index (Phi) is 5.60. The predicted octanol–water partition coefficient (Wildman–Crippen LogP) is 2.24. The van der Waals surface area contributed by atoms with Crippen molar-refractivity contribution in [1.29, 1.82) is 0 Å². The SMILES string of the molecule is CC(NS(=O)(=O)c1cc(Br)cc(C(=O)O)c1)C1CCOCC1. The van der Waals surface area contributed by atoms with Crippen LogP contribution in [0.2, 0.25) is 0 Å². The fourth-order valence-corrected chi connectivity index (χ4v) is 4.49. The van der Waals surface area contributed by atoms with Crippen LogP contribution in [0.3, 0.4) is 0 Å². The van der Waals surface area contributed by atoms with Gasteiger partial charge in [-0.1, -0.05) is 15.9 Å². The molecule has 2 N–H and O–H groups in total. The highest BCUT2D eigenvalue weighted by Crippen LogP contribution is 2.23. The normalized spacial score (nSPS) is 18.1. The van der Waals surface area contributed by atoms with Gasteiger partial charge in [0, 0.05) is 23.7 Å². The molecule has 1 aliphatic heterocycles. The van der Waals surface area contributed by atoms with Gasteiger partial charge in [0.25, 0.3) is 0 Å². The molecule has 0 aliphatic carbocycles. The summed E-state index contributed by atoms with van der Waals surface area (Å²) in [4.78, 5) is 11.0. The molecule has 1 atom stereocenters. The molecule has 0 aromatic heterocycles. The molecule has 122 valence electrons. The lowest BCUT2D eigenvalue weighted by atomic mass is 9.94. The van der Waals surface area contributed by atoms with E-state index in [4.69, 9.17) is 9.84 Å². The van der Waals surface area contributed by atoms with Crippen molar-refractivity contribution in [3.05, 3.63) is 28.2 Å². The summed E-state index contributed by atoms with van der Waals surface area (Å²) in [6.07, 6.45) is 1.62. The number of carboxylic acids is 1. The molecule has 8 heteroatoms. The van der Waals surface area contributed by atoms with Gasteiger partial charge in [-0.2, -0.15) is 0 Å².